The third-order valence-corrected chi connectivity index (χ3v) is 16.5. The maximum Gasteiger partial charge on any atom is 0.253 e. The predicted molar refractivity (Wildman–Crippen MR) is 276 cm³/mol. The van der Waals surface area contributed by atoms with E-state index >= 15 is 8.78 Å². The number of nitrogens with zero attached hydrogens (tertiary/aromatic N) is 3. The lowest BCUT2D eigenvalue weighted by Crippen LogP contribution is -2.48. The summed E-state index contributed by atoms with van der Waals surface area (Å²) >= 11 is 6.69. The number of hydrogen-bond acceptors (Lipinski definition) is 11. The van der Waals surface area contributed by atoms with E-state index in [1.165, 1.54) is 37.3 Å². The van der Waals surface area contributed by atoms with E-state index in [-0.39, 0.29) is 94.4 Å². The Morgan fingerprint density at radius 2 is 1.51 bits per heavy atom. The van der Waals surface area contributed by atoms with Gasteiger partial charge in [-0.15, -0.1) is 0 Å². The molecule has 0 spiro atoms. The van der Waals surface area contributed by atoms with Crippen LogP contribution in [0.2, 0.25) is 5.02 Å². The monoisotopic (exact) mass is 1040 g/mol. The molecule has 17 heteroatoms. The van der Waals surface area contributed by atoms with Gasteiger partial charge in [-0.3, -0.25) is 24.0 Å². The van der Waals surface area contributed by atoms with Crippen molar-refractivity contribution < 1.29 is 51.7 Å². The first-order chi connectivity index (χ1) is 35.7. The van der Waals surface area contributed by atoms with E-state index in [0.717, 1.165) is 83.0 Å². The summed E-state index contributed by atoms with van der Waals surface area (Å²) in [5.74, 6) is -2.80. The van der Waals surface area contributed by atoms with Crippen LogP contribution in [0.1, 0.15) is 122 Å². The van der Waals surface area contributed by atoms with Crippen molar-refractivity contribution >= 4 is 46.6 Å². The molecule has 3 N–H and O–H groups in total. The predicted octanol–water partition coefficient (Wildman–Crippen LogP) is 8.77. The Balaban J connectivity index is 0.723. The molecule has 0 bridgehead atoms. The summed E-state index contributed by atoms with van der Waals surface area (Å²) in [7, 11) is 2.82. The van der Waals surface area contributed by atoms with Gasteiger partial charge in [0.25, 0.3) is 5.91 Å². The third-order valence-electron chi connectivity index (χ3n) is 16.1. The second-order valence-electron chi connectivity index (χ2n) is 20.5. The first-order valence-corrected chi connectivity index (χ1v) is 26.4. The number of rotatable bonds is 17. The zero-order chi connectivity index (χ0) is 52.3. The van der Waals surface area contributed by atoms with Crippen LogP contribution in [0, 0.1) is 17.6 Å². The minimum atomic E-state index is -1.07. The lowest BCUT2D eigenvalue weighted by molar-refractivity contribution is -0.128. The molecule has 4 aliphatic heterocycles. The van der Waals surface area contributed by atoms with Crippen molar-refractivity contribution in [1.82, 2.24) is 15.1 Å². The molecule has 74 heavy (non-hydrogen) atoms. The smallest absolute Gasteiger partial charge is 0.253 e. The molecule has 14 nitrogen and oxygen atoms in total. The van der Waals surface area contributed by atoms with Crippen molar-refractivity contribution in [3.63, 3.8) is 0 Å². The van der Waals surface area contributed by atoms with Gasteiger partial charge in [0.15, 0.2) is 17.2 Å². The zero-order valence-electron chi connectivity index (χ0n) is 42.4. The SMILES string of the molecule is COc1ccc(C(=O)N2CCC(OC3CCN(CCCC(=O)C4CCC(NC[C@]5(c6ccccc6)Oc6cc(F)c(Cl)c(-c7c(C(N)=O)ccc(OC)c7F)c6[C@@H]5C)CC4)CC3)CC2)cc1N1CCC(=O)CC1=O. The molecule has 0 unspecified atom stereocenters. The second kappa shape index (κ2) is 22.9. The number of carbonyl (C=O) groups excluding carboxylic acids is 5. The highest BCUT2D eigenvalue weighted by molar-refractivity contribution is 6.34. The summed E-state index contributed by atoms with van der Waals surface area (Å²) in [6, 6.07) is 18.7. The summed E-state index contributed by atoms with van der Waals surface area (Å²) in [6.07, 6.45) is 8.16. The van der Waals surface area contributed by atoms with Gasteiger partial charge >= 0.3 is 0 Å². The largest absolute Gasteiger partial charge is 0.495 e. The van der Waals surface area contributed by atoms with Gasteiger partial charge in [-0.2, -0.15) is 0 Å². The van der Waals surface area contributed by atoms with E-state index in [2.05, 4.69) is 10.2 Å². The van der Waals surface area contributed by atoms with E-state index in [1.807, 2.05) is 42.2 Å². The van der Waals surface area contributed by atoms with Crippen LogP contribution in [-0.4, -0.2) is 117 Å². The molecule has 9 rings (SSSR count). The molecule has 2 atom stereocenters. The number of methoxy groups -OCH3 is 2. The van der Waals surface area contributed by atoms with Crippen LogP contribution in [0.15, 0.2) is 66.7 Å². The number of nitrogens with one attached hydrogen (secondary N) is 1. The number of anilines is 1. The van der Waals surface area contributed by atoms with Crippen molar-refractivity contribution in [2.75, 3.05) is 64.9 Å². The standard InChI is InChI=1S/C57H66ClF2N5O9/c1-34-50-48(32-43(59)53(58)52(50)51-42(55(61)69)16-18-47(72-3)54(51)60)74-57(34,37-8-5-4-6-9-37)33-62-38-14-11-35(12-15-38)45(67)10-7-24-63-25-20-40(21-26-63)73-41-22-27-64(28-23-41)56(70)36-13-17-46(71-2)44(30-36)65-29-19-39(66)31-49(65)68/h4-6,8-9,13,16-18,30,32,34-35,38,40-41,62H,7,10-12,14-15,19-29,31,33H2,1-3H3,(H2,61,69)/t34-,35?,38?,57-/m0/s1. The Hall–Kier alpha value is -5.94. The molecule has 5 aliphatic rings. The molecular weight excluding hydrogens is 972 g/mol. The van der Waals surface area contributed by atoms with Crippen molar-refractivity contribution in [3.05, 3.63) is 106 Å². The van der Waals surface area contributed by atoms with Crippen molar-refractivity contribution in [2.45, 2.75) is 114 Å². The summed E-state index contributed by atoms with van der Waals surface area (Å²) in [4.78, 5) is 70.2. The third kappa shape index (κ3) is 10.9. The lowest BCUT2D eigenvalue weighted by Gasteiger charge is -2.37. The van der Waals surface area contributed by atoms with E-state index in [1.54, 1.807) is 18.2 Å². The Kier molecular flexibility index (Phi) is 16.4. The molecule has 1 saturated carbocycles. The van der Waals surface area contributed by atoms with E-state index in [0.29, 0.717) is 54.4 Å². The molecule has 4 aromatic rings. The number of benzene rings is 4. The number of ketones is 2. The van der Waals surface area contributed by atoms with Crippen molar-refractivity contribution in [2.24, 2.45) is 11.7 Å². The van der Waals surface area contributed by atoms with Gasteiger partial charge in [-0.25, -0.2) is 8.78 Å². The number of piperidine rings is 3. The first kappa shape index (κ1) is 52.9. The van der Waals surface area contributed by atoms with Crippen LogP contribution in [0.3, 0.4) is 0 Å². The number of nitrogens with two attached hydrogens (primary N) is 1. The van der Waals surface area contributed by atoms with Gasteiger partial charge in [0.1, 0.15) is 28.9 Å². The molecule has 394 valence electrons. The molecule has 3 saturated heterocycles. The highest BCUT2D eigenvalue weighted by Gasteiger charge is 2.50. The summed E-state index contributed by atoms with van der Waals surface area (Å²) < 4.78 is 56.1. The number of fused-ring (bicyclic) bond motifs is 1. The zero-order valence-corrected chi connectivity index (χ0v) is 43.2. The van der Waals surface area contributed by atoms with Gasteiger partial charge in [0, 0.05) is 98.3 Å². The second-order valence-corrected chi connectivity index (χ2v) is 20.9. The highest BCUT2D eigenvalue weighted by Crippen LogP contribution is 2.56. The lowest BCUT2D eigenvalue weighted by atomic mass is 9.76. The quantitative estimate of drug-likeness (QED) is 0.0970. The average Bonchev–Trinajstić information content (AvgIpc) is 3.70. The van der Waals surface area contributed by atoms with Crippen molar-refractivity contribution in [3.8, 4) is 28.4 Å². The fourth-order valence-corrected chi connectivity index (χ4v) is 12.1. The van der Waals surface area contributed by atoms with Crippen LogP contribution in [-0.2, 0) is 24.7 Å². The van der Waals surface area contributed by atoms with Gasteiger partial charge in [0.05, 0.1) is 49.1 Å². The number of likely N-dealkylation sites (tertiary alicyclic amines) is 2. The van der Waals surface area contributed by atoms with E-state index in [4.69, 9.17) is 36.3 Å². The number of carbonyl (C=O) groups is 5. The molecule has 4 fully saturated rings. The average molecular weight is 1040 g/mol. The summed E-state index contributed by atoms with van der Waals surface area (Å²) in [6.45, 7) is 6.35. The molecule has 0 aromatic heterocycles. The highest BCUT2D eigenvalue weighted by atomic mass is 35.5. The molecule has 1 aliphatic carbocycles. The normalized spacial score (nSPS) is 22.9. The number of halogens is 3. The van der Waals surface area contributed by atoms with Crippen LogP contribution < -0.4 is 30.2 Å². The van der Waals surface area contributed by atoms with Gasteiger partial charge in [-0.05, 0) is 100 Å². The van der Waals surface area contributed by atoms with E-state index in [9.17, 15) is 24.0 Å². The Labute approximate surface area is 436 Å². The first-order valence-electron chi connectivity index (χ1n) is 26.1. The fraction of sp³-hybridized carbons (Fsp3) is 0.491. The van der Waals surface area contributed by atoms with Crippen LogP contribution in [0.25, 0.3) is 11.1 Å². The fourth-order valence-electron chi connectivity index (χ4n) is 11.9. The maximum atomic E-state index is 16.2. The number of primary amides is 1. The summed E-state index contributed by atoms with van der Waals surface area (Å²) in [5, 5.41) is 3.38. The number of hydrogen-bond donors (Lipinski definition) is 2. The molecule has 4 heterocycles. The van der Waals surface area contributed by atoms with Crippen LogP contribution in [0.4, 0.5) is 14.5 Å². The molecule has 0 radical (unpaired) electrons. The topological polar surface area (TPSA) is 170 Å². The van der Waals surface area contributed by atoms with Crippen molar-refractivity contribution in [1.29, 1.82) is 0 Å². The van der Waals surface area contributed by atoms with Crippen LogP contribution in [0.5, 0.6) is 17.2 Å². The molecule has 4 aromatic carbocycles. The van der Waals surface area contributed by atoms with Gasteiger partial charge in [0.2, 0.25) is 11.8 Å². The minimum absolute atomic E-state index is 0.000237. The Morgan fingerprint density at radius 3 is 2.18 bits per heavy atom. The van der Waals surface area contributed by atoms with E-state index < -0.39 is 29.1 Å². The van der Waals surface area contributed by atoms with Crippen LogP contribution >= 0.6 is 11.6 Å². The van der Waals surface area contributed by atoms with Gasteiger partial charge < -0.3 is 44.7 Å². The number of ether oxygens (including phenoxy) is 4. The molecule has 3 amide bonds. The Morgan fingerprint density at radius 1 is 0.838 bits per heavy atom. The maximum absolute atomic E-state index is 16.2. The number of amides is 3. The summed E-state index contributed by atoms with van der Waals surface area (Å²) in [5.41, 5.74) is 6.50. The van der Waals surface area contributed by atoms with Gasteiger partial charge in [-0.1, -0.05) is 48.9 Å². The number of Topliss-reactive ketones (excluding diaryl/α,β-unsaturated/α-hetero) is 2. The Bertz CT molecular complexity index is 2760. The molecular formula is C57H66ClF2N5O9. The minimum Gasteiger partial charge on any atom is -0.495 e.